The van der Waals surface area contributed by atoms with Crippen LogP contribution in [0.15, 0.2) is 34.9 Å². The average Bonchev–Trinajstić information content (AvgIpc) is 2.98. The summed E-state index contributed by atoms with van der Waals surface area (Å²) in [7, 11) is 1.80. The molecule has 6 heteroatoms. The molecule has 0 aliphatic rings. The van der Waals surface area contributed by atoms with E-state index in [1.54, 1.807) is 30.1 Å². The number of aromatic nitrogens is 2. The third-order valence-electron chi connectivity index (χ3n) is 3.41. The van der Waals surface area contributed by atoms with E-state index in [-0.39, 0.29) is 0 Å². The van der Waals surface area contributed by atoms with Crippen molar-refractivity contribution < 1.29 is 4.42 Å². The zero-order valence-corrected chi connectivity index (χ0v) is 13.0. The molecule has 0 aliphatic carbocycles. The van der Waals surface area contributed by atoms with E-state index in [1.165, 1.54) is 0 Å². The van der Waals surface area contributed by atoms with Gasteiger partial charge >= 0.3 is 0 Å². The lowest BCUT2D eigenvalue weighted by atomic mass is 10.0. The minimum atomic E-state index is 0.479. The summed E-state index contributed by atoms with van der Waals surface area (Å²) in [5.41, 5.74) is 9.53. The van der Waals surface area contributed by atoms with E-state index in [0.717, 1.165) is 28.1 Å². The molecule has 0 fully saturated rings. The monoisotopic (exact) mass is 321 g/mol. The molecular weight excluding hydrogens is 309 g/mol. The molecule has 0 amide bonds. The number of nitrogens with two attached hydrogens (primary N) is 1. The summed E-state index contributed by atoms with van der Waals surface area (Å²) in [5.74, 6) is 1.35. The first-order valence-electron chi connectivity index (χ1n) is 6.31. The lowest BCUT2D eigenvalue weighted by Crippen LogP contribution is -1.98. The third-order valence-corrected chi connectivity index (χ3v) is 4.15. The molecule has 0 bridgehead atoms. The minimum Gasteiger partial charge on any atom is -0.469 e. The number of benzene rings is 1. The van der Waals surface area contributed by atoms with Crippen LogP contribution in [-0.2, 0) is 7.05 Å². The fourth-order valence-electron chi connectivity index (χ4n) is 2.29. The molecule has 2 heterocycles. The zero-order chi connectivity index (χ0) is 15.1. The van der Waals surface area contributed by atoms with Crippen molar-refractivity contribution in [2.45, 2.75) is 6.92 Å². The first-order chi connectivity index (χ1) is 9.99. The van der Waals surface area contributed by atoms with E-state index in [4.69, 9.17) is 33.4 Å². The largest absolute Gasteiger partial charge is 0.469 e. The molecule has 3 aromatic rings. The summed E-state index contributed by atoms with van der Waals surface area (Å²) in [4.78, 5) is 0. The first-order valence-corrected chi connectivity index (χ1v) is 7.07. The van der Waals surface area contributed by atoms with E-state index < -0.39 is 0 Å². The van der Waals surface area contributed by atoms with Crippen molar-refractivity contribution in [2.24, 2.45) is 7.05 Å². The first kappa shape index (κ1) is 14.0. The van der Waals surface area contributed by atoms with Crippen LogP contribution in [0.3, 0.4) is 0 Å². The summed E-state index contributed by atoms with van der Waals surface area (Å²) in [5, 5.41) is 5.48. The predicted molar refractivity (Wildman–Crippen MR) is 85.5 cm³/mol. The molecule has 0 saturated carbocycles. The Kier molecular flexibility index (Phi) is 3.43. The molecular formula is C15H13Cl2N3O. The van der Waals surface area contributed by atoms with Gasteiger partial charge in [0, 0.05) is 12.6 Å². The second kappa shape index (κ2) is 5.13. The molecule has 0 aliphatic heterocycles. The van der Waals surface area contributed by atoms with Crippen LogP contribution in [0.4, 0.5) is 5.82 Å². The van der Waals surface area contributed by atoms with Crippen molar-refractivity contribution in [3.63, 3.8) is 0 Å². The molecule has 0 unspecified atom stereocenters. The number of anilines is 1. The van der Waals surface area contributed by atoms with Crippen LogP contribution in [0.1, 0.15) is 5.76 Å². The smallest absolute Gasteiger partial charge is 0.129 e. The summed E-state index contributed by atoms with van der Waals surface area (Å²) in [6, 6.07) is 7.28. The van der Waals surface area contributed by atoms with E-state index in [2.05, 4.69) is 5.10 Å². The van der Waals surface area contributed by atoms with Crippen LogP contribution in [0, 0.1) is 6.92 Å². The van der Waals surface area contributed by atoms with Gasteiger partial charge in [0.2, 0.25) is 0 Å². The van der Waals surface area contributed by atoms with E-state index in [1.807, 2.05) is 19.1 Å². The molecule has 21 heavy (non-hydrogen) atoms. The van der Waals surface area contributed by atoms with Gasteiger partial charge in [-0.1, -0.05) is 29.3 Å². The fraction of sp³-hybridized carbons (Fsp3) is 0.133. The summed E-state index contributed by atoms with van der Waals surface area (Å²) >= 11 is 12.1. The highest BCUT2D eigenvalue weighted by atomic mass is 35.5. The number of hydrogen-bond donors (Lipinski definition) is 1. The molecule has 2 N–H and O–H groups in total. The van der Waals surface area contributed by atoms with Crippen LogP contribution in [0.25, 0.3) is 22.4 Å². The second-order valence-corrected chi connectivity index (χ2v) is 5.57. The minimum absolute atomic E-state index is 0.479. The SMILES string of the molecule is Cc1occc1-c1nn(C)c(N)c1-c1ccc(Cl)c(Cl)c1. The van der Waals surface area contributed by atoms with Gasteiger partial charge in [-0.05, 0) is 30.7 Å². The van der Waals surface area contributed by atoms with Crippen LogP contribution in [0.5, 0.6) is 0 Å². The van der Waals surface area contributed by atoms with Gasteiger partial charge < -0.3 is 10.2 Å². The van der Waals surface area contributed by atoms with Crippen molar-refractivity contribution in [1.82, 2.24) is 9.78 Å². The molecule has 0 radical (unpaired) electrons. The second-order valence-electron chi connectivity index (χ2n) is 4.75. The number of rotatable bonds is 2. The zero-order valence-electron chi connectivity index (χ0n) is 11.5. The fourth-order valence-corrected chi connectivity index (χ4v) is 2.59. The highest BCUT2D eigenvalue weighted by molar-refractivity contribution is 6.42. The van der Waals surface area contributed by atoms with Crippen LogP contribution in [-0.4, -0.2) is 9.78 Å². The summed E-state index contributed by atoms with van der Waals surface area (Å²) in [6.45, 7) is 1.89. The Bertz CT molecular complexity index is 820. The van der Waals surface area contributed by atoms with Crippen molar-refractivity contribution in [1.29, 1.82) is 0 Å². The normalized spacial score (nSPS) is 11.0. The summed E-state index contributed by atoms with van der Waals surface area (Å²) in [6.07, 6.45) is 1.63. The molecule has 1 aromatic carbocycles. The molecule has 0 atom stereocenters. The summed E-state index contributed by atoms with van der Waals surface area (Å²) < 4.78 is 7.00. The molecule has 4 nitrogen and oxygen atoms in total. The Balaban J connectivity index is 2.27. The van der Waals surface area contributed by atoms with E-state index in [9.17, 15) is 0 Å². The molecule has 2 aromatic heterocycles. The number of furan rings is 1. The van der Waals surface area contributed by atoms with Crippen LogP contribution >= 0.6 is 23.2 Å². The Labute approximate surface area is 132 Å². The lowest BCUT2D eigenvalue weighted by molar-refractivity contribution is 0.535. The van der Waals surface area contributed by atoms with Crippen LogP contribution in [0.2, 0.25) is 10.0 Å². The van der Waals surface area contributed by atoms with Gasteiger partial charge in [-0.15, -0.1) is 0 Å². The molecule has 3 rings (SSSR count). The van der Waals surface area contributed by atoms with Crippen molar-refractivity contribution >= 4 is 29.0 Å². The number of nitrogen functional groups attached to an aromatic ring is 1. The lowest BCUT2D eigenvalue weighted by Gasteiger charge is -2.05. The van der Waals surface area contributed by atoms with Crippen LogP contribution < -0.4 is 5.73 Å². The Morgan fingerprint density at radius 3 is 2.57 bits per heavy atom. The standard InChI is InChI=1S/C15H13Cl2N3O/c1-8-10(5-6-21-8)14-13(15(18)20(2)19-14)9-3-4-11(16)12(17)7-9/h3-7H,18H2,1-2H3. The topological polar surface area (TPSA) is 57.0 Å². The maximum Gasteiger partial charge on any atom is 0.129 e. The van der Waals surface area contributed by atoms with E-state index >= 15 is 0 Å². The maximum atomic E-state index is 6.17. The third kappa shape index (κ3) is 2.30. The average molecular weight is 322 g/mol. The van der Waals surface area contributed by atoms with Gasteiger partial charge in [0.05, 0.1) is 21.9 Å². The Morgan fingerprint density at radius 2 is 1.95 bits per heavy atom. The van der Waals surface area contributed by atoms with Crippen molar-refractivity contribution in [3.8, 4) is 22.4 Å². The highest BCUT2D eigenvalue weighted by Crippen LogP contribution is 2.39. The van der Waals surface area contributed by atoms with Gasteiger partial charge in [-0.3, -0.25) is 4.68 Å². The maximum absolute atomic E-state index is 6.17. The van der Waals surface area contributed by atoms with Gasteiger partial charge in [0.25, 0.3) is 0 Å². The Morgan fingerprint density at radius 1 is 1.19 bits per heavy atom. The number of nitrogens with zero attached hydrogens (tertiary/aromatic N) is 2. The van der Waals surface area contributed by atoms with Gasteiger partial charge in [-0.25, -0.2) is 0 Å². The van der Waals surface area contributed by atoms with Crippen molar-refractivity contribution in [3.05, 3.63) is 46.3 Å². The van der Waals surface area contributed by atoms with Gasteiger partial charge in [-0.2, -0.15) is 5.10 Å². The van der Waals surface area contributed by atoms with E-state index in [0.29, 0.717) is 15.9 Å². The molecule has 0 spiro atoms. The van der Waals surface area contributed by atoms with Crippen molar-refractivity contribution in [2.75, 3.05) is 5.73 Å². The predicted octanol–water partition coefficient (Wildman–Crippen LogP) is 4.54. The molecule has 0 saturated heterocycles. The number of halogens is 2. The van der Waals surface area contributed by atoms with Gasteiger partial charge in [0.15, 0.2) is 0 Å². The molecule has 108 valence electrons. The van der Waals surface area contributed by atoms with Gasteiger partial charge in [0.1, 0.15) is 17.3 Å². The number of hydrogen-bond acceptors (Lipinski definition) is 3. The highest BCUT2D eigenvalue weighted by Gasteiger charge is 2.20. The Hall–Kier alpha value is -1.91. The quantitative estimate of drug-likeness (QED) is 0.753. The number of aryl methyl sites for hydroxylation is 2.